The Bertz CT molecular complexity index is 2200. The van der Waals surface area contributed by atoms with E-state index in [1.165, 1.54) is 25.7 Å². The average molecular weight is 1280 g/mol. The Morgan fingerprint density at radius 3 is 1.24 bits per heavy atom. The molecule has 0 aliphatic rings. The van der Waals surface area contributed by atoms with Crippen LogP contribution in [0.5, 0.6) is 28.7 Å². The summed E-state index contributed by atoms with van der Waals surface area (Å²) < 4.78 is 82.8. The summed E-state index contributed by atoms with van der Waals surface area (Å²) in [5.41, 5.74) is 2.19. The van der Waals surface area contributed by atoms with Gasteiger partial charge in [0.1, 0.15) is 44.5 Å². The Hall–Kier alpha value is -5.29. The minimum Gasteiger partial charge on any atom is -0.493 e. The molecule has 0 heterocycles. The highest BCUT2D eigenvalue weighted by Crippen LogP contribution is 2.39. The zero-order chi connectivity index (χ0) is 65.9. The molecule has 3 aromatic carbocycles. The summed E-state index contributed by atoms with van der Waals surface area (Å²) in [5, 5.41) is 3.12. The van der Waals surface area contributed by atoms with Gasteiger partial charge in [-0.3, -0.25) is 14.4 Å². The second-order valence-electron chi connectivity index (χ2n) is 24.4. The fourth-order valence-electron chi connectivity index (χ4n) is 9.17. The van der Waals surface area contributed by atoms with Crippen LogP contribution in [0.15, 0.2) is 60.7 Å². The van der Waals surface area contributed by atoms with Crippen LogP contribution in [-0.2, 0) is 65.4 Å². The molecule has 0 radical (unpaired) electrons. The molecule has 2 atom stereocenters. The summed E-state index contributed by atoms with van der Waals surface area (Å²) in [6.45, 7) is 21.5. The molecule has 518 valence electrons. The lowest BCUT2D eigenvalue weighted by Crippen LogP contribution is -2.23. The molecule has 20 heteroatoms. The SMILES string of the molecule is CC(C)CCCC(C)CCOc1cc(CNC(=O)c2cc(OCCOCCOCCOC(=O)CCCN(C)C)c(OCCOCCOCCOCc3ccccc3)c(OCCOCCOCCOC(=O)CCCN(C)C)c2)cc(OCCC(C)CCCC(C)C)c1. The Morgan fingerprint density at radius 2 is 0.813 bits per heavy atom. The van der Waals surface area contributed by atoms with Crippen molar-refractivity contribution in [2.75, 3.05) is 173 Å². The Kier molecular flexibility index (Phi) is 45.8. The predicted molar refractivity (Wildman–Crippen MR) is 355 cm³/mol. The quantitative estimate of drug-likeness (QED) is 0.0413. The Labute approximate surface area is 546 Å². The maximum atomic E-state index is 14.4. The molecule has 0 fully saturated rings. The molecule has 0 bridgehead atoms. The topological polar surface area (TPSA) is 199 Å². The van der Waals surface area contributed by atoms with Crippen LogP contribution in [0.1, 0.15) is 140 Å². The fraction of sp³-hybridized carbons (Fsp3) is 0.704. The number of hydrogen-bond donors (Lipinski definition) is 1. The molecule has 0 aliphatic carbocycles. The van der Waals surface area contributed by atoms with E-state index in [4.69, 9.17) is 66.3 Å². The van der Waals surface area contributed by atoms with Crippen molar-refractivity contribution in [2.24, 2.45) is 23.7 Å². The number of hydrogen-bond acceptors (Lipinski definition) is 19. The average Bonchev–Trinajstić information content (AvgIpc) is 1.16. The molecule has 0 saturated heterocycles. The van der Waals surface area contributed by atoms with Gasteiger partial charge in [0.25, 0.3) is 5.91 Å². The van der Waals surface area contributed by atoms with Gasteiger partial charge in [-0.2, -0.15) is 0 Å². The molecule has 20 nitrogen and oxygen atoms in total. The van der Waals surface area contributed by atoms with E-state index in [0.29, 0.717) is 94.3 Å². The van der Waals surface area contributed by atoms with Crippen LogP contribution >= 0.6 is 0 Å². The molecule has 0 aromatic heterocycles. The van der Waals surface area contributed by atoms with E-state index >= 15 is 0 Å². The summed E-state index contributed by atoms with van der Waals surface area (Å²) in [4.78, 5) is 42.6. The first-order chi connectivity index (χ1) is 44.1. The summed E-state index contributed by atoms with van der Waals surface area (Å²) in [6, 6.07) is 19.1. The first kappa shape index (κ1) is 79.9. The molecule has 1 N–H and O–H groups in total. The molecule has 0 spiro atoms. The lowest BCUT2D eigenvalue weighted by molar-refractivity contribution is -0.146. The number of esters is 2. The number of nitrogens with one attached hydrogen (secondary N) is 1. The minimum absolute atomic E-state index is 0.0934. The van der Waals surface area contributed by atoms with Gasteiger partial charge < -0.3 is 81.4 Å². The molecule has 0 saturated carbocycles. The molecule has 2 unspecified atom stereocenters. The van der Waals surface area contributed by atoms with Gasteiger partial charge in [-0.1, -0.05) is 110 Å². The van der Waals surface area contributed by atoms with Crippen LogP contribution in [0.25, 0.3) is 0 Å². The third kappa shape index (κ3) is 43.3. The molecular formula is C71H117N3O17. The van der Waals surface area contributed by atoms with Crippen LogP contribution in [0.2, 0.25) is 0 Å². The normalized spacial score (nSPS) is 12.2. The maximum Gasteiger partial charge on any atom is 0.305 e. The van der Waals surface area contributed by atoms with Crippen LogP contribution in [0, 0.1) is 23.7 Å². The lowest BCUT2D eigenvalue weighted by atomic mass is 9.98. The summed E-state index contributed by atoms with van der Waals surface area (Å²) in [5.74, 6) is 3.72. The van der Waals surface area contributed by atoms with Gasteiger partial charge in [-0.15, -0.1) is 0 Å². The van der Waals surface area contributed by atoms with E-state index in [2.05, 4.69) is 46.9 Å². The van der Waals surface area contributed by atoms with Crippen LogP contribution in [0.3, 0.4) is 0 Å². The standard InChI is InChI=1S/C71H117N3O17/c1-57(2)18-14-20-59(5)26-30-85-64-50-62(51-65(54-64)86-31-27-60(6)21-15-19-58(3)4)55-72-71(77)63-52-66(87-45-40-79-34-36-81-42-47-89-68(75)24-16-28-73(7)8)70(91-49-44-83-33-32-78-38-39-84-56-61-22-12-11-13-23-61)67(53-63)88-46-41-80-35-37-82-43-48-90-69(76)25-17-29-74(9)10/h11-13,22-23,50-54,57-60H,14-21,24-49,55-56H2,1-10H3,(H,72,77). The summed E-state index contributed by atoms with van der Waals surface area (Å²) >= 11 is 0. The molecule has 3 rings (SSSR count). The smallest absolute Gasteiger partial charge is 0.305 e. The van der Waals surface area contributed by atoms with Crippen molar-refractivity contribution >= 4 is 17.8 Å². The van der Waals surface area contributed by atoms with Crippen molar-refractivity contribution in [1.82, 2.24) is 15.1 Å². The number of ether oxygens (including phenoxy) is 14. The minimum atomic E-state index is -0.380. The van der Waals surface area contributed by atoms with Gasteiger partial charge >= 0.3 is 11.9 Å². The van der Waals surface area contributed by atoms with E-state index < -0.39 is 0 Å². The zero-order valence-electron chi connectivity index (χ0n) is 57.4. The van der Waals surface area contributed by atoms with Crippen LogP contribution in [-0.4, -0.2) is 201 Å². The second kappa shape index (κ2) is 52.1. The highest BCUT2D eigenvalue weighted by Gasteiger charge is 2.21. The van der Waals surface area contributed by atoms with Crippen molar-refractivity contribution in [3.63, 3.8) is 0 Å². The van der Waals surface area contributed by atoms with Crippen molar-refractivity contribution in [1.29, 1.82) is 0 Å². The largest absolute Gasteiger partial charge is 0.493 e. The van der Waals surface area contributed by atoms with Gasteiger partial charge in [0, 0.05) is 31.0 Å². The third-order valence-corrected chi connectivity index (χ3v) is 14.4. The number of carbonyl (C=O) groups is 3. The van der Waals surface area contributed by atoms with Crippen LogP contribution in [0.4, 0.5) is 0 Å². The number of carbonyl (C=O) groups excluding carboxylic acids is 3. The zero-order valence-corrected chi connectivity index (χ0v) is 57.4. The molecule has 3 aromatic rings. The first-order valence-electron chi connectivity index (χ1n) is 33.5. The summed E-state index contributed by atoms with van der Waals surface area (Å²) in [6.07, 6.45) is 11.2. The van der Waals surface area contributed by atoms with Gasteiger partial charge in [0.15, 0.2) is 11.5 Å². The summed E-state index contributed by atoms with van der Waals surface area (Å²) in [7, 11) is 7.86. The number of benzene rings is 3. The molecule has 1 amide bonds. The highest BCUT2D eigenvalue weighted by atomic mass is 16.6. The Morgan fingerprint density at radius 1 is 0.407 bits per heavy atom. The van der Waals surface area contributed by atoms with Gasteiger partial charge in [0.2, 0.25) is 5.75 Å². The van der Waals surface area contributed by atoms with Gasteiger partial charge in [-0.05, 0) is 126 Å². The molecular weight excluding hydrogens is 1170 g/mol. The van der Waals surface area contributed by atoms with E-state index in [0.717, 1.165) is 62.7 Å². The van der Waals surface area contributed by atoms with E-state index in [1.807, 2.05) is 86.5 Å². The highest BCUT2D eigenvalue weighted by molar-refractivity contribution is 5.95. The van der Waals surface area contributed by atoms with Crippen molar-refractivity contribution < 1.29 is 80.7 Å². The first-order valence-corrected chi connectivity index (χ1v) is 33.5. The van der Waals surface area contributed by atoms with Gasteiger partial charge in [-0.25, -0.2) is 0 Å². The fourth-order valence-corrected chi connectivity index (χ4v) is 9.17. The lowest BCUT2D eigenvalue weighted by Gasteiger charge is -2.19. The maximum absolute atomic E-state index is 14.4. The predicted octanol–water partition coefficient (Wildman–Crippen LogP) is 11.3. The number of nitrogens with zero attached hydrogens (tertiary/aromatic N) is 2. The number of rotatable bonds is 59. The Balaban J connectivity index is 1.77. The van der Waals surface area contributed by atoms with Crippen molar-refractivity contribution in [3.8, 4) is 28.7 Å². The van der Waals surface area contributed by atoms with E-state index in [9.17, 15) is 14.4 Å². The van der Waals surface area contributed by atoms with Crippen LogP contribution < -0.4 is 29.0 Å². The third-order valence-electron chi connectivity index (χ3n) is 14.4. The number of amides is 1. The van der Waals surface area contributed by atoms with Gasteiger partial charge in [0.05, 0.1) is 106 Å². The van der Waals surface area contributed by atoms with Crippen molar-refractivity contribution in [3.05, 3.63) is 77.4 Å². The van der Waals surface area contributed by atoms with Crippen molar-refractivity contribution in [2.45, 2.75) is 132 Å². The monoisotopic (exact) mass is 1280 g/mol. The van der Waals surface area contributed by atoms with E-state index in [1.54, 1.807) is 12.1 Å². The molecule has 0 aliphatic heterocycles. The van der Waals surface area contributed by atoms with E-state index in [-0.39, 0.29) is 140 Å². The molecule has 91 heavy (non-hydrogen) atoms. The second-order valence-corrected chi connectivity index (χ2v) is 24.4.